The molecule has 4 nitrogen and oxygen atoms in total. The molecule has 0 aliphatic heterocycles. The van der Waals surface area contributed by atoms with Gasteiger partial charge in [-0.15, -0.1) is 0 Å². The van der Waals surface area contributed by atoms with E-state index in [-0.39, 0.29) is 0 Å². The van der Waals surface area contributed by atoms with Crippen LogP contribution in [-0.4, -0.2) is 23.5 Å². The van der Waals surface area contributed by atoms with Crippen molar-refractivity contribution in [1.29, 1.82) is 0 Å². The fourth-order valence-electron chi connectivity index (χ4n) is 0.277. The van der Waals surface area contributed by atoms with E-state index in [0.29, 0.717) is 6.61 Å². The molecule has 0 spiro atoms. The van der Waals surface area contributed by atoms with Crippen LogP contribution in [0.5, 0.6) is 0 Å². The van der Waals surface area contributed by atoms with Crippen molar-refractivity contribution in [1.82, 2.24) is 0 Å². The van der Waals surface area contributed by atoms with Crippen molar-refractivity contribution in [3.63, 3.8) is 0 Å². The predicted molar refractivity (Wildman–Crippen MR) is 33.4 cm³/mol. The summed E-state index contributed by atoms with van der Waals surface area (Å²) in [6.45, 7) is 2.15. The zero-order valence-electron chi connectivity index (χ0n) is 5.53. The average molecular weight is 144 g/mol. The predicted octanol–water partition coefficient (Wildman–Crippen LogP) is 0.190. The molecule has 1 N–H and O–H groups in total. The Labute approximate surface area is 58.1 Å². The van der Waals surface area contributed by atoms with E-state index in [9.17, 15) is 9.59 Å². The lowest BCUT2D eigenvalue weighted by Gasteiger charge is -1.89. The number of hydrogen-bond donors (Lipinski definition) is 1. The Hall–Kier alpha value is -1.32. The maximum Gasteiger partial charge on any atom is 0.376 e. The lowest BCUT2D eigenvalue weighted by atomic mass is 10.4. The molecule has 0 bridgehead atoms. The summed E-state index contributed by atoms with van der Waals surface area (Å²) in [5.41, 5.74) is 0. The highest BCUT2D eigenvalue weighted by Gasteiger charge is 2.04. The number of carboxylic acid groups (broad SMARTS) is 1. The van der Waals surface area contributed by atoms with Gasteiger partial charge >= 0.3 is 5.97 Å². The normalized spacial score (nSPS) is 9.70. The molecule has 0 aliphatic carbocycles. The maximum atomic E-state index is 10.3. The molecule has 0 saturated carbocycles. The largest absolute Gasteiger partial charge is 0.501 e. The van der Waals surface area contributed by atoms with Crippen LogP contribution in [0.25, 0.3) is 0 Å². The average Bonchev–Trinajstić information content (AvgIpc) is 1.88. The Morgan fingerprint density at radius 3 is 2.60 bits per heavy atom. The summed E-state index contributed by atoms with van der Waals surface area (Å²) in [5, 5.41) is 8.02. The summed E-state index contributed by atoms with van der Waals surface area (Å²) in [6.07, 6.45) is 1.93. The van der Waals surface area contributed by atoms with Crippen molar-refractivity contribution in [2.24, 2.45) is 0 Å². The van der Waals surface area contributed by atoms with Crippen molar-refractivity contribution in [3.05, 3.63) is 12.3 Å². The molecule has 0 saturated heterocycles. The molecule has 0 aliphatic rings. The number of rotatable bonds is 4. The van der Waals surface area contributed by atoms with Gasteiger partial charge in [0.05, 0.1) is 12.9 Å². The molecule has 0 heterocycles. The van der Waals surface area contributed by atoms with Gasteiger partial charge in [0.1, 0.15) is 0 Å². The monoisotopic (exact) mass is 144 g/mol. The number of carbonyl (C=O) groups is 2. The molecule has 0 aromatic carbocycles. The molecule has 4 heteroatoms. The van der Waals surface area contributed by atoms with Crippen molar-refractivity contribution in [2.45, 2.75) is 6.92 Å². The van der Waals surface area contributed by atoms with Crippen molar-refractivity contribution in [3.8, 4) is 0 Å². The molecule has 10 heavy (non-hydrogen) atoms. The van der Waals surface area contributed by atoms with Gasteiger partial charge in [-0.2, -0.15) is 0 Å². The molecular weight excluding hydrogens is 136 g/mol. The standard InChI is InChI=1S/C6H8O4/c1-2-10-4-3-5(7)6(8)9/h3-4H,2H2,1H3,(H,8,9). The Kier molecular flexibility index (Phi) is 3.95. The van der Waals surface area contributed by atoms with Crippen LogP contribution < -0.4 is 0 Å². The Bertz CT molecular complexity index is 159. The van der Waals surface area contributed by atoms with Gasteiger partial charge < -0.3 is 9.84 Å². The van der Waals surface area contributed by atoms with Crippen LogP contribution in [0.3, 0.4) is 0 Å². The van der Waals surface area contributed by atoms with Crippen LogP contribution in [0, 0.1) is 0 Å². The van der Waals surface area contributed by atoms with E-state index < -0.39 is 11.8 Å². The topological polar surface area (TPSA) is 63.6 Å². The first-order valence-corrected chi connectivity index (χ1v) is 2.74. The summed E-state index contributed by atoms with van der Waals surface area (Å²) in [7, 11) is 0. The molecule has 0 radical (unpaired) electrons. The number of ether oxygens (including phenoxy) is 1. The summed E-state index contributed by atoms with van der Waals surface area (Å²) in [6, 6.07) is 0. The zero-order valence-corrected chi connectivity index (χ0v) is 5.53. The van der Waals surface area contributed by atoms with E-state index in [1.807, 2.05) is 0 Å². The maximum absolute atomic E-state index is 10.3. The molecule has 0 aromatic rings. The summed E-state index contributed by atoms with van der Waals surface area (Å²) >= 11 is 0. The lowest BCUT2D eigenvalue weighted by Crippen LogP contribution is -2.08. The van der Waals surface area contributed by atoms with Crippen molar-refractivity contribution in [2.75, 3.05) is 6.61 Å². The SMILES string of the molecule is CCOC=CC(=O)C(=O)O. The van der Waals surface area contributed by atoms with Gasteiger partial charge in [0, 0.05) is 6.08 Å². The number of aliphatic carboxylic acids is 1. The van der Waals surface area contributed by atoms with Gasteiger partial charge in [-0.25, -0.2) is 4.79 Å². The third kappa shape index (κ3) is 3.65. The molecule has 0 amide bonds. The second-order valence-corrected chi connectivity index (χ2v) is 1.43. The van der Waals surface area contributed by atoms with E-state index in [1.54, 1.807) is 6.92 Å². The number of ketones is 1. The second-order valence-electron chi connectivity index (χ2n) is 1.43. The number of carbonyl (C=O) groups excluding carboxylic acids is 1. The van der Waals surface area contributed by atoms with E-state index >= 15 is 0 Å². The van der Waals surface area contributed by atoms with Crippen molar-refractivity contribution >= 4 is 11.8 Å². The molecule has 0 unspecified atom stereocenters. The molecule has 0 atom stereocenters. The molecule has 56 valence electrons. The second kappa shape index (κ2) is 4.55. The Balaban J connectivity index is 3.67. The van der Waals surface area contributed by atoms with E-state index in [4.69, 9.17) is 5.11 Å². The fraction of sp³-hybridized carbons (Fsp3) is 0.333. The highest BCUT2D eigenvalue weighted by Crippen LogP contribution is 1.79. The van der Waals surface area contributed by atoms with Crippen LogP contribution in [0.1, 0.15) is 6.92 Å². The lowest BCUT2D eigenvalue weighted by molar-refractivity contribution is -0.146. The molecule has 0 aromatic heterocycles. The van der Waals surface area contributed by atoms with Crippen LogP contribution >= 0.6 is 0 Å². The summed E-state index contributed by atoms with van der Waals surface area (Å²) in [5.74, 6) is -2.45. The Morgan fingerprint density at radius 2 is 2.20 bits per heavy atom. The minimum absolute atomic E-state index is 0.420. The van der Waals surface area contributed by atoms with Gasteiger partial charge in [0.25, 0.3) is 5.78 Å². The number of carboxylic acids is 1. The molecule has 0 rings (SSSR count). The highest BCUT2D eigenvalue weighted by molar-refractivity contribution is 6.37. The summed E-state index contributed by atoms with van der Waals surface area (Å²) in [4.78, 5) is 20.1. The first-order valence-electron chi connectivity index (χ1n) is 2.74. The van der Waals surface area contributed by atoms with E-state index in [0.717, 1.165) is 12.3 Å². The number of hydrogen-bond acceptors (Lipinski definition) is 3. The quantitative estimate of drug-likeness (QED) is 0.347. The fourth-order valence-corrected chi connectivity index (χ4v) is 0.277. The van der Waals surface area contributed by atoms with Gasteiger partial charge in [-0.05, 0) is 6.92 Å². The van der Waals surface area contributed by atoms with Crippen LogP contribution in [-0.2, 0) is 14.3 Å². The van der Waals surface area contributed by atoms with Crippen LogP contribution in [0.15, 0.2) is 12.3 Å². The van der Waals surface area contributed by atoms with E-state index in [2.05, 4.69) is 4.74 Å². The van der Waals surface area contributed by atoms with Crippen LogP contribution in [0.4, 0.5) is 0 Å². The van der Waals surface area contributed by atoms with Crippen molar-refractivity contribution < 1.29 is 19.4 Å². The van der Waals surface area contributed by atoms with Gasteiger partial charge in [-0.1, -0.05) is 0 Å². The third-order valence-electron chi connectivity index (χ3n) is 0.693. The van der Waals surface area contributed by atoms with Gasteiger partial charge in [-0.3, -0.25) is 4.79 Å². The Morgan fingerprint density at radius 1 is 1.60 bits per heavy atom. The first kappa shape index (κ1) is 8.68. The zero-order chi connectivity index (χ0) is 7.98. The van der Waals surface area contributed by atoms with Gasteiger partial charge in [0.2, 0.25) is 0 Å². The first-order chi connectivity index (χ1) is 4.68. The third-order valence-corrected chi connectivity index (χ3v) is 0.693. The molecule has 0 fully saturated rings. The minimum atomic E-state index is -1.48. The van der Waals surface area contributed by atoms with Gasteiger partial charge in [0.15, 0.2) is 0 Å². The molecular formula is C6H8O4. The van der Waals surface area contributed by atoms with Crippen LogP contribution in [0.2, 0.25) is 0 Å². The minimum Gasteiger partial charge on any atom is -0.501 e. The smallest absolute Gasteiger partial charge is 0.376 e. The summed E-state index contributed by atoms with van der Waals surface area (Å²) < 4.78 is 4.59. The highest BCUT2D eigenvalue weighted by atomic mass is 16.5. The van der Waals surface area contributed by atoms with E-state index in [1.165, 1.54) is 0 Å².